The van der Waals surface area contributed by atoms with E-state index in [1.54, 1.807) is 35.5 Å². The Labute approximate surface area is 171 Å². The smallest absolute Gasteiger partial charge is 0.203 e. The minimum atomic E-state index is -0.620. The monoisotopic (exact) mass is 400 g/mol. The van der Waals surface area contributed by atoms with Crippen molar-refractivity contribution >= 4 is 0 Å². The zero-order valence-electron chi connectivity index (χ0n) is 17.8. The Hall–Kier alpha value is -2.60. The van der Waals surface area contributed by atoms with Crippen molar-refractivity contribution in [2.45, 2.75) is 18.9 Å². The minimum Gasteiger partial charge on any atom is -0.493 e. The molecule has 1 fully saturated rings. The molecule has 29 heavy (non-hydrogen) atoms. The van der Waals surface area contributed by atoms with Gasteiger partial charge in [-0.1, -0.05) is 6.92 Å². The lowest BCUT2D eigenvalue weighted by Crippen LogP contribution is -2.38. The van der Waals surface area contributed by atoms with Gasteiger partial charge in [-0.15, -0.1) is 0 Å². The van der Waals surface area contributed by atoms with Crippen LogP contribution in [0.2, 0.25) is 0 Å². The maximum atomic E-state index is 6.59. The Morgan fingerprint density at radius 1 is 0.793 bits per heavy atom. The molecule has 0 spiro atoms. The maximum absolute atomic E-state index is 6.59. The van der Waals surface area contributed by atoms with Crippen LogP contribution in [0.4, 0.5) is 0 Å². The Morgan fingerprint density at radius 2 is 1.38 bits per heavy atom. The summed E-state index contributed by atoms with van der Waals surface area (Å²) in [6.07, 6.45) is 0.947. The number of ether oxygens (including phenoxy) is 6. The highest BCUT2D eigenvalue weighted by Gasteiger charge is 2.54. The number of methoxy groups -OCH3 is 5. The van der Waals surface area contributed by atoms with Crippen LogP contribution in [0.5, 0.6) is 28.7 Å². The van der Waals surface area contributed by atoms with Gasteiger partial charge >= 0.3 is 0 Å². The van der Waals surface area contributed by atoms with Crippen molar-refractivity contribution in [1.29, 1.82) is 0 Å². The first-order chi connectivity index (χ1) is 14.0. The van der Waals surface area contributed by atoms with E-state index in [0.717, 1.165) is 23.3 Å². The average Bonchev–Trinajstić information content (AvgIpc) is 2.98. The van der Waals surface area contributed by atoms with Gasteiger partial charge in [0.2, 0.25) is 5.75 Å². The van der Waals surface area contributed by atoms with Gasteiger partial charge in [-0.05, 0) is 59.2 Å². The van der Waals surface area contributed by atoms with E-state index in [0.29, 0.717) is 35.5 Å². The van der Waals surface area contributed by atoms with E-state index in [-0.39, 0.29) is 5.92 Å². The van der Waals surface area contributed by atoms with Crippen LogP contribution in [-0.4, -0.2) is 42.2 Å². The molecule has 0 unspecified atom stereocenters. The summed E-state index contributed by atoms with van der Waals surface area (Å²) in [5.74, 6) is 3.92. The van der Waals surface area contributed by atoms with Gasteiger partial charge in [0.25, 0.3) is 0 Å². The summed E-state index contributed by atoms with van der Waals surface area (Å²) in [7, 11) is 8.18. The summed E-state index contributed by atoms with van der Waals surface area (Å²) in [4.78, 5) is 0. The van der Waals surface area contributed by atoms with E-state index in [1.807, 2.05) is 12.1 Å². The predicted molar refractivity (Wildman–Crippen MR) is 109 cm³/mol. The molecule has 1 aliphatic carbocycles. The van der Waals surface area contributed by atoms with Crippen molar-refractivity contribution in [1.82, 2.24) is 0 Å². The maximum Gasteiger partial charge on any atom is 0.203 e. The van der Waals surface area contributed by atoms with Crippen molar-refractivity contribution in [3.05, 3.63) is 41.0 Å². The number of rotatable bonds is 6. The Balaban J connectivity index is 1.99. The fourth-order valence-corrected chi connectivity index (χ4v) is 4.92. The summed E-state index contributed by atoms with van der Waals surface area (Å²) >= 11 is 0. The third-order valence-electron chi connectivity index (χ3n) is 6.46. The third kappa shape index (κ3) is 2.73. The number of fused-ring (bicyclic) bond motifs is 4. The molecule has 6 nitrogen and oxygen atoms in total. The molecule has 2 bridgehead atoms. The van der Waals surface area contributed by atoms with E-state index in [9.17, 15) is 0 Å². The van der Waals surface area contributed by atoms with Crippen molar-refractivity contribution in [2.75, 3.05) is 42.2 Å². The van der Waals surface area contributed by atoms with Gasteiger partial charge in [-0.3, -0.25) is 0 Å². The first-order valence-electron chi connectivity index (χ1n) is 9.73. The SMILES string of the molecule is COc1cc2c(cc1OC)[C@]1(c3cc(OC)c(OC)c(OC)c3)OC[C@H](C2)[C@@H]1C. The lowest BCUT2D eigenvalue weighted by atomic mass is 9.66. The molecule has 2 aliphatic rings. The molecule has 1 saturated heterocycles. The first kappa shape index (κ1) is 19.7. The molecule has 1 heterocycles. The summed E-state index contributed by atoms with van der Waals surface area (Å²) < 4.78 is 34.5. The highest BCUT2D eigenvalue weighted by atomic mass is 16.5. The largest absolute Gasteiger partial charge is 0.493 e. The van der Waals surface area contributed by atoms with Gasteiger partial charge in [-0.2, -0.15) is 0 Å². The molecule has 1 aliphatic heterocycles. The molecular formula is C23H28O6. The molecule has 2 aromatic rings. The normalized spacial score (nSPS) is 24.6. The molecule has 156 valence electrons. The van der Waals surface area contributed by atoms with Crippen LogP contribution >= 0.6 is 0 Å². The van der Waals surface area contributed by atoms with E-state index >= 15 is 0 Å². The van der Waals surface area contributed by atoms with Crippen LogP contribution < -0.4 is 23.7 Å². The third-order valence-corrected chi connectivity index (χ3v) is 6.46. The van der Waals surface area contributed by atoms with Crippen molar-refractivity contribution in [3.63, 3.8) is 0 Å². The minimum absolute atomic E-state index is 0.274. The standard InChI is InChI=1S/C23H28O6/c1-13-15-7-14-8-18(24-2)19(25-3)11-17(14)23(13,29-12-15)16-9-20(26-4)22(28-6)21(10-16)27-5/h8-11,13,15H,7,12H2,1-6H3/t13-,15-,23-/m0/s1. The summed E-state index contributed by atoms with van der Waals surface area (Å²) in [5.41, 5.74) is 2.68. The molecule has 2 aromatic carbocycles. The Bertz CT molecular complexity index is 899. The highest BCUT2D eigenvalue weighted by molar-refractivity contribution is 5.60. The zero-order chi connectivity index (χ0) is 20.8. The fraction of sp³-hybridized carbons (Fsp3) is 0.478. The summed E-state index contributed by atoms with van der Waals surface area (Å²) in [6, 6.07) is 8.11. The van der Waals surface area contributed by atoms with E-state index < -0.39 is 5.60 Å². The fourth-order valence-electron chi connectivity index (χ4n) is 4.92. The summed E-state index contributed by atoms with van der Waals surface area (Å²) in [6.45, 7) is 2.94. The van der Waals surface area contributed by atoms with Gasteiger partial charge in [0, 0.05) is 0 Å². The van der Waals surface area contributed by atoms with E-state index in [1.165, 1.54) is 5.56 Å². The molecule has 0 radical (unpaired) electrons. The van der Waals surface area contributed by atoms with Crippen LogP contribution in [0, 0.1) is 11.8 Å². The Kier molecular flexibility index (Phi) is 4.99. The molecular weight excluding hydrogens is 372 g/mol. The van der Waals surface area contributed by atoms with Crippen LogP contribution in [-0.2, 0) is 16.8 Å². The number of benzene rings is 2. The number of hydrogen-bond donors (Lipinski definition) is 0. The molecule has 0 saturated carbocycles. The van der Waals surface area contributed by atoms with Crippen molar-refractivity contribution in [3.8, 4) is 28.7 Å². The Morgan fingerprint density at radius 3 is 1.93 bits per heavy atom. The molecule has 0 amide bonds. The number of hydrogen-bond acceptors (Lipinski definition) is 6. The average molecular weight is 400 g/mol. The van der Waals surface area contributed by atoms with Crippen LogP contribution in [0.25, 0.3) is 0 Å². The van der Waals surface area contributed by atoms with Gasteiger partial charge in [0.15, 0.2) is 23.0 Å². The molecule has 4 rings (SSSR count). The van der Waals surface area contributed by atoms with Crippen molar-refractivity contribution < 1.29 is 28.4 Å². The van der Waals surface area contributed by atoms with Gasteiger partial charge < -0.3 is 28.4 Å². The first-order valence-corrected chi connectivity index (χ1v) is 9.73. The topological polar surface area (TPSA) is 55.4 Å². The van der Waals surface area contributed by atoms with Crippen LogP contribution in [0.3, 0.4) is 0 Å². The lowest BCUT2D eigenvalue weighted by molar-refractivity contribution is 0.0131. The second kappa shape index (κ2) is 7.34. The lowest BCUT2D eigenvalue weighted by Gasteiger charge is -2.40. The second-order valence-electron chi connectivity index (χ2n) is 7.58. The van der Waals surface area contributed by atoms with Crippen LogP contribution in [0.1, 0.15) is 23.6 Å². The van der Waals surface area contributed by atoms with Crippen LogP contribution in [0.15, 0.2) is 24.3 Å². The zero-order valence-corrected chi connectivity index (χ0v) is 17.8. The summed E-state index contributed by atoms with van der Waals surface area (Å²) in [5, 5.41) is 0. The molecule has 6 heteroatoms. The quantitative estimate of drug-likeness (QED) is 0.735. The van der Waals surface area contributed by atoms with Gasteiger partial charge in [0.1, 0.15) is 5.60 Å². The molecule has 3 atom stereocenters. The predicted octanol–water partition coefficient (Wildman–Crippen LogP) is 3.81. The van der Waals surface area contributed by atoms with Gasteiger partial charge in [0.05, 0.1) is 42.2 Å². The van der Waals surface area contributed by atoms with Crippen molar-refractivity contribution in [2.24, 2.45) is 11.8 Å². The molecule has 0 aromatic heterocycles. The molecule has 0 N–H and O–H groups in total. The highest BCUT2D eigenvalue weighted by Crippen LogP contribution is 2.57. The second-order valence-corrected chi connectivity index (χ2v) is 7.58. The van der Waals surface area contributed by atoms with Gasteiger partial charge in [-0.25, -0.2) is 0 Å². The van der Waals surface area contributed by atoms with E-state index in [4.69, 9.17) is 28.4 Å². The van der Waals surface area contributed by atoms with E-state index in [2.05, 4.69) is 19.1 Å².